The number of aromatic hydroxyl groups is 1. The molecule has 0 unspecified atom stereocenters. The highest BCUT2D eigenvalue weighted by Crippen LogP contribution is 2.22. The molecule has 2 amide bonds. The molecule has 2 aromatic rings. The molecule has 0 aliphatic rings. The van der Waals surface area contributed by atoms with E-state index in [0.29, 0.717) is 5.69 Å². The molecular formula is C16H16N2O3. The van der Waals surface area contributed by atoms with Crippen molar-refractivity contribution in [3.63, 3.8) is 0 Å². The fourth-order valence-corrected chi connectivity index (χ4v) is 1.82. The molecule has 21 heavy (non-hydrogen) atoms. The summed E-state index contributed by atoms with van der Waals surface area (Å²) in [5.41, 5.74) is 2.71. The molecule has 0 saturated carbocycles. The van der Waals surface area contributed by atoms with E-state index in [2.05, 4.69) is 10.6 Å². The molecule has 2 rings (SSSR count). The zero-order valence-electron chi connectivity index (χ0n) is 11.8. The summed E-state index contributed by atoms with van der Waals surface area (Å²) in [6.45, 7) is 3.79. The van der Waals surface area contributed by atoms with Gasteiger partial charge in [0.05, 0.1) is 5.69 Å². The maximum Gasteiger partial charge on any atom is 0.314 e. The van der Waals surface area contributed by atoms with Gasteiger partial charge in [-0.15, -0.1) is 0 Å². The van der Waals surface area contributed by atoms with Crippen LogP contribution in [-0.4, -0.2) is 16.9 Å². The maximum absolute atomic E-state index is 11.9. The molecule has 5 nitrogen and oxygen atoms in total. The van der Waals surface area contributed by atoms with Crippen molar-refractivity contribution in [2.45, 2.75) is 13.8 Å². The van der Waals surface area contributed by atoms with E-state index in [1.807, 2.05) is 19.9 Å². The first-order chi connectivity index (χ1) is 9.99. The van der Waals surface area contributed by atoms with Crippen molar-refractivity contribution in [3.05, 3.63) is 53.6 Å². The van der Waals surface area contributed by atoms with Crippen LogP contribution in [0.3, 0.4) is 0 Å². The number of phenolic OH excluding ortho intramolecular Hbond substituents is 1. The summed E-state index contributed by atoms with van der Waals surface area (Å²) in [6, 6.07) is 11.7. The van der Waals surface area contributed by atoms with Gasteiger partial charge in [0.1, 0.15) is 5.75 Å². The van der Waals surface area contributed by atoms with Gasteiger partial charge in [-0.2, -0.15) is 0 Å². The van der Waals surface area contributed by atoms with Crippen LogP contribution in [0.15, 0.2) is 42.5 Å². The average Bonchev–Trinajstić information content (AvgIpc) is 2.46. The predicted molar refractivity (Wildman–Crippen MR) is 81.3 cm³/mol. The summed E-state index contributed by atoms with van der Waals surface area (Å²) in [7, 11) is 0. The van der Waals surface area contributed by atoms with Crippen LogP contribution in [0.5, 0.6) is 5.75 Å². The van der Waals surface area contributed by atoms with Crippen LogP contribution >= 0.6 is 0 Å². The normalized spacial score (nSPS) is 10.0. The Labute approximate surface area is 122 Å². The smallest absolute Gasteiger partial charge is 0.314 e. The van der Waals surface area contributed by atoms with E-state index < -0.39 is 11.8 Å². The largest absolute Gasteiger partial charge is 0.506 e. The molecule has 2 aromatic carbocycles. The summed E-state index contributed by atoms with van der Waals surface area (Å²) in [4.78, 5) is 23.7. The molecule has 0 heterocycles. The minimum Gasteiger partial charge on any atom is -0.506 e. The van der Waals surface area contributed by atoms with Crippen LogP contribution in [0.4, 0.5) is 11.4 Å². The molecule has 0 saturated heterocycles. The summed E-state index contributed by atoms with van der Waals surface area (Å²) in [5.74, 6) is -1.71. The number of rotatable bonds is 2. The lowest BCUT2D eigenvalue weighted by molar-refractivity contribution is -0.133. The van der Waals surface area contributed by atoms with Crippen LogP contribution in [0, 0.1) is 13.8 Å². The molecule has 5 heteroatoms. The summed E-state index contributed by atoms with van der Waals surface area (Å²) < 4.78 is 0. The Morgan fingerprint density at radius 3 is 2.10 bits per heavy atom. The highest BCUT2D eigenvalue weighted by molar-refractivity contribution is 6.43. The molecule has 108 valence electrons. The van der Waals surface area contributed by atoms with E-state index in [-0.39, 0.29) is 11.4 Å². The number of nitrogens with one attached hydrogen (secondary N) is 2. The Morgan fingerprint density at radius 1 is 0.857 bits per heavy atom. The van der Waals surface area contributed by atoms with Gasteiger partial charge in [0.2, 0.25) is 0 Å². The van der Waals surface area contributed by atoms with E-state index in [4.69, 9.17) is 0 Å². The van der Waals surface area contributed by atoms with Gasteiger partial charge in [0.25, 0.3) is 0 Å². The molecule has 0 aliphatic heterocycles. The van der Waals surface area contributed by atoms with Crippen molar-refractivity contribution in [3.8, 4) is 5.75 Å². The van der Waals surface area contributed by atoms with Gasteiger partial charge in [-0.1, -0.05) is 24.3 Å². The van der Waals surface area contributed by atoms with Gasteiger partial charge in [-0.3, -0.25) is 9.59 Å². The zero-order chi connectivity index (χ0) is 15.4. The number of carbonyl (C=O) groups is 2. The third kappa shape index (κ3) is 3.39. The predicted octanol–water partition coefficient (Wildman–Crippen LogP) is 2.59. The Bertz CT molecular complexity index is 696. The monoisotopic (exact) mass is 284 g/mol. The van der Waals surface area contributed by atoms with E-state index >= 15 is 0 Å². The summed E-state index contributed by atoms with van der Waals surface area (Å²) in [6.07, 6.45) is 0. The van der Waals surface area contributed by atoms with E-state index in [1.54, 1.807) is 24.3 Å². The van der Waals surface area contributed by atoms with Crippen molar-refractivity contribution in [1.82, 2.24) is 0 Å². The molecule has 0 aliphatic carbocycles. The first-order valence-corrected chi connectivity index (χ1v) is 6.45. The van der Waals surface area contributed by atoms with Crippen molar-refractivity contribution in [2.24, 2.45) is 0 Å². The van der Waals surface area contributed by atoms with Crippen LogP contribution in [-0.2, 0) is 9.59 Å². The number of anilines is 2. The van der Waals surface area contributed by atoms with Crippen molar-refractivity contribution in [2.75, 3.05) is 10.6 Å². The number of benzene rings is 2. The molecule has 0 bridgehead atoms. The zero-order valence-corrected chi connectivity index (χ0v) is 11.8. The van der Waals surface area contributed by atoms with Crippen molar-refractivity contribution >= 4 is 23.2 Å². The van der Waals surface area contributed by atoms with Crippen LogP contribution in [0.25, 0.3) is 0 Å². The standard InChI is InChI=1S/C16H16N2O3/c1-10-6-5-8-12(11(10)2)17-15(20)16(21)18-13-7-3-4-9-14(13)19/h3-9,19H,1-2H3,(H,17,20)(H,18,21). The van der Waals surface area contributed by atoms with Crippen LogP contribution in [0.2, 0.25) is 0 Å². The lowest BCUT2D eigenvalue weighted by Gasteiger charge is -2.10. The van der Waals surface area contributed by atoms with Crippen LogP contribution in [0.1, 0.15) is 11.1 Å². The lowest BCUT2D eigenvalue weighted by atomic mass is 10.1. The molecule has 3 N–H and O–H groups in total. The first kappa shape index (κ1) is 14.6. The number of amides is 2. The molecule has 0 fully saturated rings. The third-order valence-corrected chi connectivity index (χ3v) is 3.21. The fraction of sp³-hybridized carbons (Fsp3) is 0.125. The Kier molecular flexibility index (Phi) is 4.23. The number of hydrogen-bond acceptors (Lipinski definition) is 3. The van der Waals surface area contributed by atoms with Gasteiger partial charge in [0.15, 0.2) is 0 Å². The highest BCUT2D eigenvalue weighted by Gasteiger charge is 2.16. The number of phenols is 1. The first-order valence-electron chi connectivity index (χ1n) is 6.45. The molecule has 0 spiro atoms. The number of hydrogen-bond donors (Lipinski definition) is 3. The van der Waals surface area contributed by atoms with Gasteiger partial charge in [-0.25, -0.2) is 0 Å². The number of carbonyl (C=O) groups excluding carboxylic acids is 2. The minimum atomic E-state index is -0.836. The Morgan fingerprint density at radius 2 is 1.43 bits per heavy atom. The van der Waals surface area contributed by atoms with Crippen molar-refractivity contribution < 1.29 is 14.7 Å². The molecule has 0 atom stereocenters. The van der Waals surface area contributed by atoms with Gasteiger partial charge < -0.3 is 15.7 Å². The topological polar surface area (TPSA) is 78.4 Å². The van der Waals surface area contributed by atoms with E-state index in [1.165, 1.54) is 12.1 Å². The summed E-state index contributed by atoms with van der Waals surface area (Å²) in [5, 5.41) is 14.5. The molecular weight excluding hydrogens is 268 g/mol. The number of aryl methyl sites for hydroxylation is 1. The second kappa shape index (κ2) is 6.09. The molecule has 0 aromatic heterocycles. The Hall–Kier alpha value is -2.82. The van der Waals surface area contributed by atoms with Crippen molar-refractivity contribution in [1.29, 1.82) is 0 Å². The van der Waals surface area contributed by atoms with Gasteiger partial charge in [0, 0.05) is 5.69 Å². The second-order valence-electron chi connectivity index (χ2n) is 4.67. The van der Waals surface area contributed by atoms with Gasteiger partial charge >= 0.3 is 11.8 Å². The summed E-state index contributed by atoms with van der Waals surface area (Å²) >= 11 is 0. The number of para-hydroxylation sites is 2. The van der Waals surface area contributed by atoms with Gasteiger partial charge in [-0.05, 0) is 43.2 Å². The SMILES string of the molecule is Cc1cccc(NC(=O)C(=O)Nc2ccccc2O)c1C. The van der Waals surface area contributed by atoms with Crippen LogP contribution < -0.4 is 10.6 Å². The molecule has 0 radical (unpaired) electrons. The fourth-order valence-electron chi connectivity index (χ4n) is 1.82. The van der Waals surface area contributed by atoms with E-state index in [9.17, 15) is 14.7 Å². The second-order valence-corrected chi connectivity index (χ2v) is 4.67. The average molecular weight is 284 g/mol. The minimum absolute atomic E-state index is 0.0922. The quantitative estimate of drug-likeness (QED) is 0.586. The third-order valence-electron chi connectivity index (χ3n) is 3.21. The maximum atomic E-state index is 11.9. The highest BCUT2D eigenvalue weighted by atomic mass is 16.3. The van der Waals surface area contributed by atoms with E-state index in [0.717, 1.165) is 11.1 Å². The Balaban J connectivity index is 2.08. The lowest BCUT2D eigenvalue weighted by Crippen LogP contribution is -2.29.